The molecule has 1 aromatic carbocycles. The van der Waals surface area contributed by atoms with Gasteiger partial charge in [0.25, 0.3) is 0 Å². The lowest BCUT2D eigenvalue weighted by molar-refractivity contribution is 0.597. The number of anilines is 2. The van der Waals surface area contributed by atoms with Crippen molar-refractivity contribution >= 4 is 21.4 Å². The number of nitrogens with one attached hydrogen (secondary N) is 1. The minimum absolute atomic E-state index is 0.0863. The third-order valence-corrected chi connectivity index (χ3v) is 3.87. The summed E-state index contributed by atoms with van der Waals surface area (Å²) in [6.07, 6.45) is 1.89. The molecule has 88 valence electrons. The number of hydrogen-bond donors (Lipinski definition) is 2. The molecule has 6 heteroatoms. The summed E-state index contributed by atoms with van der Waals surface area (Å²) in [7, 11) is -3.41. The Morgan fingerprint density at radius 1 is 1.44 bits per heavy atom. The molecule has 0 amide bonds. The Balaban J connectivity index is 2.15. The van der Waals surface area contributed by atoms with Gasteiger partial charge in [-0.15, -0.1) is 0 Å². The van der Waals surface area contributed by atoms with Crippen molar-refractivity contribution in [3.8, 4) is 0 Å². The third kappa shape index (κ3) is 2.85. The molecule has 0 radical (unpaired) electrons. The molecule has 16 heavy (non-hydrogen) atoms. The largest absolute Gasteiger partial charge is 0.397 e. The normalized spacial score (nSPS) is 16.1. The van der Waals surface area contributed by atoms with Gasteiger partial charge in [-0.2, -0.15) is 0 Å². The molecule has 1 aliphatic rings. The number of hydrogen-bond acceptors (Lipinski definition) is 3. The Kier molecular flexibility index (Phi) is 2.75. The molecule has 0 atom stereocenters. The van der Waals surface area contributed by atoms with Crippen LogP contribution in [0.4, 0.5) is 15.8 Å². The molecule has 1 saturated carbocycles. The van der Waals surface area contributed by atoms with Crippen molar-refractivity contribution in [3.63, 3.8) is 0 Å². The lowest BCUT2D eigenvalue weighted by Crippen LogP contribution is -2.18. The van der Waals surface area contributed by atoms with Gasteiger partial charge in [-0.3, -0.25) is 4.72 Å². The molecule has 0 spiro atoms. The first kappa shape index (κ1) is 11.2. The lowest BCUT2D eigenvalue weighted by Gasteiger charge is -2.09. The van der Waals surface area contributed by atoms with E-state index < -0.39 is 15.8 Å². The van der Waals surface area contributed by atoms with E-state index in [9.17, 15) is 12.8 Å². The Labute approximate surface area is 93.7 Å². The van der Waals surface area contributed by atoms with E-state index in [1.54, 1.807) is 0 Å². The monoisotopic (exact) mass is 244 g/mol. The zero-order valence-electron chi connectivity index (χ0n) is 8.61. The number of nitrogen functional groups attached to an aromatic ring is 1. The van der Waals surface area contributed by atoms with Gasteiger partial charge in [-0.05, 0) is 30.9 Å². The second-order valence-corrected chi connectivity index (χ2v) is 5.83. The maximum Gasteiger partial charge on any atom is 0.233 e. The number of halogens is 1. The summed E-state index contributed by atoms with van der Waals surface area (Å²) in [5.74, 6) is -0.186. The topological polar surface area (TPSA) is 72.2 Å². The molecule has 1 fully saturated rings. The van der Waals surface area contributed by atoms with Gasteiger partial charge in [0.15, 0.2) is 0 Å². The standard InChI is InChI=1S/C10H13FN2O2S/c11-8-3-4-9(12)10(5-8)13-16(14,15)6-7-1-2-7/h3-5,7,13H,1-2,6,12H2. The van der Waals surface area contributed by atoms with E-state index in [0.29, 0.717) is 0 Å². The van der Waals surface area contributed by atoms with Crippen LogP contribution >= 0.6 is 0 Å². The van der Waals surface area contributed by atoms with Crippen LogP contribution in [-0.4, -0.2) is 14.2 Å². The average molecular weight is 244 g/mol. The zero-order valence-corrected chi connectivity index (χ0v) is 9.43. The van der Waals surface area contributed by atoms with E-state index in [2.05, 4.69) is 4.72 Å². The van der Waals surface area contributed by atoms with Crippen molar-refractivity contribution in [2.45, 2.75) is 12.8 Å². The molecule has 1 aromatic rings. The smallest absolute Gasteiger partial charge is 0.233 e. The highest BCUT2D eigenvalue weighted by atomic mass is 32.2. The van der Waals surface area contributed by atoms with E-state index in [0.717, 1.165) is 18.9 Å². The van der Waals surface area contributed by atoms with Crippen molar-refractivity contribution in [3.05, 3.63) is 24.0 Å². The fourth-order valence-corrected chi connectivity index (χ4v) is 2.97. The molecule has 3 N–H and O–H groups in total. The lowest BCUT2D eigenvalue weighted by atomic mass is 10.3. The molecule has 0 unspecified atom stereocenters. The summed E-state index contributed by atoms with van der Waals surface area (Å²) < 4.78 is 38.5. The maximum absolute atomic E-state index is 12.9. The van der Waals surface area contributed by atoms with Crippen LogP contribution in [-0.2, 0) is 10.0 Å². The van der Waals surface area contributed by atoms with Crippen molar-refractivity contribution in [2.24, 2.45) is 5.92 Å². The van der Waals surface area contributed by atoms with Gasteiger partial charge < -0.3 is 5.73 Å². The second kappa shape index (κ2) is 3.93. The highest BCUT2D eigenvalue weighted by Gasteiger charge is 2.28. The average Bonchev–Trinajstić information content (AvgIpc) is 2.94. The maximum atomic E-state index is 12.9. The predicted molar refractivity (Wildman–Crippen MR) is 60.9 cm³/mol. The van der Waals surface area contributed by atoms with E-state index in [4.69, 9.17) is 5.73 Å². The first-order chi connectivity index (χ1) is 7.46. The molecular formula is C10H13FN2O2S. The van der Waals surface area contributed by atoms with E-state index in [1.807, 2.05) is 0 Å². The van der Waals surface area contributed by atoms with E-state index in [-0.39, 0.29) is 23.0 Å². The molecule has 0 heterocycles. The summed E-state index contributed by atoms with van der Waals surface area (Å²) >= 11 is 0. The Morgan fingerprint density at radius 3 is 2.75 bits per heavy atom. The summed E-state index contributed by atoms with van der Waals surface area (Å²) in [5, 5.41) is 0. The molecule has 0 aromatic heterocycles. The van der Waals surface area contributed by atoms with Gasteiger partial charge in [-0.1, -0.05) is 0 Å². The SMILES string of the molecule is Nc1ccc(F)cc1NS(=O)(=O)CC1CC1. The fraction of sp³-hybridized carbons (Fsp3) is 0.400. The van der Waals surface area contributed by atoms with Crippen LogP contribution in [0, 0.1) is 11.7 Å². The number of rotatable bonds is 4. The summed E-state index contributed by atoms with van der Waals surface area (Å²) in [4.78, 5) is 0. The van der Waals surface area contributed by atoms with Crippen molar-refractivity contribution in [1.82, 2.24) is 0 Å². The quantitative estimate of drug-likeness (QED) is 0.789. The van der Waals surface area contributed by atoms with E-state index in [1.165, 1.54) is 12.1 Å². The number of benzene rings is 1. The van der Waals surface area contributed by atoms with Gasteiger partial charge >= 0.3 is 0 Å². The summed E-state index contributed by atoms with van der Waals surface area (Å²) in [6, 6.07) is 3.61. The van der Waals surface area contributed by atoms with Crippen LogP contribution < -0.4 is 10.5 Å². The number of sulfonamides is 1. The molecule has 4 nitrogen and oxygen atoms in total. The number of nitrogens with two attached hydrogens (primary N) is 1. The van der Waals surface area contributed by atoms with Gasteiger partial charge in [0.2, 0.25) is 10.0 Å². The summed E-state index contributed by atoms with van der Waals surface area (Å²) in [5.41, 5.74) is 5.88. The van der Waals surface area contributed by atoms with E-state index >= 15 is 0 Å². The Hall–Kier alpha value is -1.30. The molecule has 0 aliphatic heterocycles. The van der Waals surface area contributed by atoms with Crippen LogP contribution in [0.2, 0.25) is 0 Å². The minimum Gasteiger partial charge on any atom is -0.397 e. The van der Waals surface area contributed by atoms with Gasteiger partial charge in [0.1, 0.15) is 5.82 Å². The first-order valence-corrected chi connectivity index (χ1v) is 6.67. The van der Waals surface area contributed by atoms with Crippen LogP contribution in [0.3, 0.4) is 0 Å². The minimum atomic E-state index is -3.41. The molecule has 0 bridgehead atoms. The van der Waals surface area contributed by atoms with Crippen LogP contribution in [0.25, 0.3) is 0 Å². The van der Waals surface area contributed by atoms with Gasteiger partial charge in [-0.25, -0.2) is 12.8 Å². The van der Waals surface area contributed by atoms with Crippen molar-refractivity contribution in [2.75, 3.05) is 16.2 Å². The first-order valence-electron chi connectivity index (χ1n) is 5.02. The van der Waals surface area contributed by atoms with Crippen LogP contribution in [0.5, 0.6) is 0 Å². The Bertz CT molecular complexity index is 498. The highest BCUT2D eigenvalue weighted by Crippen LogP contribution is 2.31. The molecular weight excluding hydrogens is 231 g/mol. The summed E-state index contributed by atoms with van der Waals surface area (Å²) in [6.45, 7) is 0. The Morgan fingerprint density at radius 2 is 2.12 bits per heavy atom. The van der Waals surface area contributed by atoms with Crippen molar-refractivity contribution < 1.29 is 12.8 Å². The predicted octanol–water partition coefficient (Wildman–Crippen LogP) is 1.56. The van der Waals surface area contributed by atoms with Gasteiger partial charge in [0.05, 0.1) is 17.1 Å². The molecule has 0 saturated heterocycles. The third-order valence-electron chi connectivity index (χ3n) is 2.43. The fourth-order valence-electron chi connectivity index (χ4n) is 1.42. The molecule has 2 rings (SSSR count). The molecule has 1 aliphatic carbocycles. The highest BCUT2D eigenvalue weighted by molar-refractivity contribution is 7.92. The second-order valence-electron chi connectivity index (χ2n) is 4.06. The van der Waals surface area contributed by atoms with Crippen molar-refractivity contribution in [1.29, 1.82) is 0 Å². The van der Waals surface area contributed by atoms with Crippen LogP contribution in [0.1, 0.15) is 12.8 Å². The van der Waals surface area contributed by atoms with Gasteiger partial charge in [0, 0.05) is 6.07 Å². The van der Waals surface area contributed by atoms with Crippen LogP contribution in [0.15, 0.2) is 18.2 Å². The zero-order chi connectivity index (χ0) is 11.8.